The summed E-state index contributed by atoms with van der Waals surface area (Å²) in [6.07, 6.45) is 2.12. The van der Waals surface area contributed by atoms with Gasteiger partial charge < -0.3 is 0 Å². The lowest BCUT2D eigenvalue weighted by Crippen LogP contribution is -2.16. The lowest BCUT2D eigenvalue weighted by molar-refractivity contribution is 0.662. The van der Waals surface area contributed by atoms with Gasteiger partial charge in [0.1, 0.15) is 0 Å². The molecule has 0 amide bonds. The molecule has 202 valence electrons. The lowest BCUT2D eigenvalue weighted by atomic mass is 9.76. The van der Waals surface area contributed by atoms with Crippen LogP contribution in [-0.4, -0.2) is 4.98 Å². The van der Waals surface area contributed by atoms with Gasteiger partial charge in [0.05, 0.1) is 5.52 Å². The quantitative estimate of drug-likeness (QED) is 0.155. The Labute approximate surface area is 251 Å². The maximum absolute atomic E-state index is 5.06. The van der Waals surface area contributed by atoms with Gasteiger partial charge in [0.25, 0.3) is 0 Å². The molecule has 0 spiro atoms. The van der Waals surface area contributed by atoms with Crippen LogP contribution in [0, 0.1) is 0 Å². The first-order valence-electron chi connectivity index (χ1n) is 15.1. The van der Waals surface area contributed by atoms with E-state index in [1.54, 1.807) is 0 Å². The molecule has 1 aliphatic carbocycles. The number of hydrogen-bond donors (Lipinski definition) is 0. The van der Waals surface area contributed by atoms with Gasteiger partial charge in [0.2, 0.25) is 0 Å². The third kappa shape index (κ3) is 3.37. The summed E-state index contributed by atoms with van der Waals surface area (Å²) in [7, 11) is 0. The van der Waals surface area contributed by atoms with Crippen LogP contribution in [0.2, 0.25) is 0 Å². The van der Waals surface area contributed by atoms with Gasteiger partial charge in [-0.2, -0.15) is 0 Å². The summed E-state index contributed by atoms with van der Waals surface area (Å²) in [5, 5.41) is 8.68. The van der Waals surface area contributed by atoms with E-state index in [9.17, 15) is 0 Å². The van der Waals surface area contributed by atoms with Gasteiger partial charge in [-0.15, -0.1) is 0 Å². The molecule has 0 aliphatic heterocycles. The van der Waals surface area contributed by atoms with E-state index in [-0.39, 0.29) is 5.41 Å². The smallest absolute Gasteiger partial charge is 0.0708 e. The van der Waals surface area contributed by atoms with Crippen molar-refractivity contribution >= 4 is 43.2 Å². The molecule has 0 saturated carbocycles. The summed E-state index contributed by atoms with van der Waals surface area (Å²) >= 11 is 0. The fourth-order valence-corrected chi connectivity index (χ4v) is 7.79. The van der Waals surface area contributed by atoms with Crippen molar-refractivity contribution in [2.45, 2.75) is 19.3 Å². The molecule has 1 heterocycles. The number of benzene rings is 7. The molecule has 0 atom stereocenters. The molecule has 1 heteroatoms. The second-order valence-electron chi connectivity index (χ2n) is 12.3. The van der Waals surface area contributed by atoms with E-state index in [0.29, 0.717) is 0 Å². The summed E-state index contributed by atoms with van der Waals surface area (Å²) in [4.78, 5) is 5.06. The maximum Gasteiger partial charge on any atom is 0.0708 e. The van der Waals surface area contributed by atoms with Crippen LogP contribution in [0.5, 0.6) is 0 Å². The molecule has 0 fully saturated rings. The highest BCUT2D eigenvalue weighted by Gasteiger charge is 2.38. The van der Waals surface area contributed by atoms with Crippen LogP contribution >= 0.6 is 0 Å². The molecule has 0 saturated heterocycles. The van der Waals surface area contributed by atoms with Crippen molar-refractivity contribution in [1.82, 2.24) is 4.98 Å². The Balaban J connectivity index is 1.48. The normalized spacial score (nSPS) is 13.5. The monoisotopic (exact) mass is 547 g/mol. The van der Waals surface area contributed by atoms with Gasteiger partial charge in [-0.1, -0.05) is 135 Å². The van der Waals surface area contributed by atoms with E-state index < -0.39 is 0 Å². The largest absolute Gasteiger partial charge is 0.256 e. The fourth-order valence-electron chi connectivity index (χ4n) is 7.79. The summed E-state index contributed by atoms with van der Waals surface area (Å²) in [6, 6.07) is 48.9. The number of fused-ring (bicyclic) bond motifs is 8. The zero-order valence-electron chi connectivity index (χ0n) is 24.2. The van der Waals surface area contributed by atoms with E-state index in [1.807, 2.05) is 0 Å². The number of rotatable bonds is 2. The van der Waals surface area contributed by atoms with Gasteiger partial charge in [-0.25, -0.2) is 0 Å². The maximum atomic E-state index is 5.06. The number of aromatic nitrogens is 1. The highest BCUT2D eigenvalue weighted by molar-refractivity contribution is 6.27. The summed E-state index contributed by atoms with van der Waals surface area (Å²) in [5.41, 5.74) is 11.4. The molecule has 1 aromatic heterocycles. The Kier molecular flexibility index (Phi) is 5.02. The standard InChI is InChI=1S/C42H29N/c1-42(2)36-20-9-7-14-29(36)32-18-11-19-34(41(32)42)39-31-16-6-5-15-30(31)38(28-23-22-26-12-3-4-13-27(26)24-28)40-33-17-8-10-21-37(33)43-25-35(39)40/h3-25H,1-2H3. The molecule has 0 unspecified atom stereocenters. The molecule has 0 radical (unpaired) electrons. The predicted molar refractivity (Wildman–Crippen MR) is 183 cm³/mol. The Morgan fingerprint density at radius 2 is 1.14 bits per heavy atom. The third-order valence-electron chi connectivity index (χ3n) is 9.65. The van der Waals surface area contributed by atoms with Crippen LogP contribution in [0.3, 0.4) is 0 Å². The predicted octanol–water partition coefficient (Wildman–Crippen LogP) is 11.3. The zero-order chi connectivity index (χ0) is 28.7. The Hall–Kier alpha value is -5.27. The number of hydrogen-bond acceptors (Lipinski definition) is 1. The molecule has 43 heavy (non-hydrogen) atoms. The van der Waals surface area contributed by atoms with Crippen LogP contribution in [0.25, 0.3) is 76.6 Å². The highest BCUT2D eigenvalue weighted by Crippen LogP contribution is 2.54. The third-order valence-corrected chi connectivity index (χ3v) is 9.65. The molecular weight excluding hydrogens is 518 g/mol. The van der Waals surface area contributed by atoms with Gasteiger partial charge in [0.15, 0.2) is 0 Å². The van der Waals surface area contributed by atoms with Crippen molar-refractivity contribution < 1.29 is 0 Å². The summed E-state index contributed by atoms with van der Waals surface area (Å²) in [6.45, 7) is 4.76. The van der Waals surface area contributed by atoms with E-state index in [1.165, 1.54) is 82.2 Å². The number of para-hydroxylation sites is 1. The zero-order valence-corrected chi connectivity index (χ0v) is 24.2. The lowest BCUT2D eigenvalue weighted by Gasteiger charge is -2.26. The van der Waals surface area contributed by atoms with E-state index >= 15 is 0 Å². The van der Waals surface area contributed by atoms with Gasteiger partial charge >= 0.3 is 0 Å². The second kappa shape index (κ2) is 8.86. The topological polar surface area (TPSA) is 12.9 Å². The Bertz CT molecular complexity index is 2430. The SMILES string of the molecule is CC1(C)c2ccccc2-c2cccc(-c3c4ccccc4c(-c4ccc5ccccc5c4)c4c3cnc3ccccc34)c21. The minimum absolute atomic E-state index is 0.128. The Morgan fingerprint density at radius 1 is 0.488 bits per heavy atom. The van der Waals surface area contributed by atoms with Crippen LogP contribution in [0.15, 0.2) is 140 Å². The fraction of sp³-hybridized carbons (Fsp3) is 0.0714. The van der Waals surface area contributed by atoms with Gasteiger partial charge in [0, 0.05) is 27.8 Å². The van der Waals surface area contributed by atoms with Crippen LogP contribution in [0.4, 0.5) is 0 Å². The van der Waals surface area contributed by atoms with E-state index in [0.717, 1.165) is 5.52 Å². The molecule has 1 nitrogen and oxygen atoms in total. The minimum Gasteiger partial charge on any atom is -0.256 e. The highest BCUT2D eigenvalue weighted by atomic mass is 14.7. The molecular formula is C42H29N. The first-order valence-corrected chi connectivity index (χ1v) is 15.1. The second-order valence-corrected chi connectivity index (χ2v) is 12.3. The first kappa shape index (κ1) is 24.3. The molecule has 1 aliphatic rings. The summed E-state index contributed by atoms with van der Waals surface area (Å²) < 4.78 is 0. The number of nitrogens with zero attached hydrogens (tertiary/aromatic N) is 1. The van der Waals surface area contributed by atoms with E-state index in [4.69, 9.17) is 4.98 Å². The number of pyridine rings is 1. The average molecular weight is 548 g/mol. The average Bonchev–Trinajstić information content (AvgIpc) is 3.30. The molecule has 7 aromatic carbocycles. The molecule has 9 rings (SSSR count). The van der Waals surface area contributed by atoms with Crippen LogP contribution in [0.1, 0.15) is 25.0 Å². The molecule has 8 aromatic rings. The van der Waals surface area contributed by atoms with Crippen molar-refractivity contribution in [2.24, 2.45) is 0 Å². The Morgan fingerprint density at radius 3 is 2.00 bits per heavy atom. The van der Waals surface area contributed by atoms with Crippen molar-refractivity contribution in [1.29, 1.82) is 0 Å². The molecule has 0 N–H and O–H groups in total. The van der Waals surface area contributed by atoms with Gasteiger partial charge in [-0.05, 0) is 78.2 Å². The molecule has 0 bridgehead atoms. The van der Waals surface area contributed by atoms with Crippen LogP contribution < -0.4 is 0 Å². The minimum atomic E-state index is -0.128. The first-order chi connectivity index (χ1) is 21.1. The van der Waals surface area contributed by atoms with Crippen molar-refractivity contribution in [3.63, 3.8) is 0 Å². The van der Waals surface area contributed by atoms with Crippen molar-refractivity contribution in [3.05, 3.63) is 151 Å². The van der Waals surface area contributed by atoms with Crippen LogP contribution in [-0.2, 0) is 5.41 Å². The van der Waals surface area contributed by atoms with Crippen molar-refractivity contribution in [3.8, 4) is 33.4 Å². The van der Waals surface area contributed by atoms with E-state index in [2.05, 4.69) is 154 Å². The van der Waals surface area contributed by atoms with Gasteiger partial charge in [-0.3, -0.25) is 4.98 Å². The van der Waals surface area contributed by atoms with Crippen molar-refractivity contribution in [2.75, 3.05) is 0 Å². The summed E-state index contributed by atoms with van der Waals surface area (Å²) in [5.74, 6) is 0.